The molecule has 0 fully saturated rings. The number of amides is 1. The van der Waals surface area contributed by atoms with Crippen molar-refractivity contribution in [2.45, 2.75) is 13.5 Å². The molecule has 0 N–H and O–H groups in total. The number of nitrogens with zero attached hydrogens (tertiary/aromatic N) is 2. The molecule has 8 heteroatoms. The van der Waals surface area contributed by atoms with Crippen molar-refractivity contribution in [3.8, 4) is 17.2 Å². The van der Waals surface area contributed by atoms with Gasteiger partial charge in [-0.25, -0.2) is 0 Å². The van der Waals surface area contributed by atoms with Crippen LogP contribution in [0.4, 0.5) is 0 Å². The summed E-state index contributed by atoms with van der Waals surface area (Å²) in [5.74, 6) is 1.36. The van der Waals surface area contributed by atoms with E-state index in [4.69, 9.17) is 18.9 Å². The highest BCUT2D eigenvalue weighted by molar-refractivity contribution is 7.16. The smallest absolute Gasteiger partial charge is 0.283 e. The van der Waals surface area contributed by atoms with Crippen LogP contribution in [0.1, 0.15) is 17.3 Å². The Morgan fingerprint density at radius 2 is 1.61 bits per heavy atom. The Morgan fingerprint density at radius 1 is 0.939 bits per heavy atom. The molecule has 33 heavy (non-hydrogen) atoms. The summed E-state index contributed by atoms with van der Waals surface area (Å²) in [6.07, 6.45) is 0. The summed E-state index contributed by atoms with van der Waals surface area (Å²) in [5, 5.41) is 1.95. The van der Waals surface area contributed by atoms with Gasteiger partial charge in [-0.15, -0.1) is 0 Å². The SMILES string of the molecule is CCOCCn1c(=NC(=O)c2cc3ccccc3cc2OC)sc2cc(OC)c(OC)cc21. The third-order valence-corrected chi connectivity index (χ3v) is 6.39. The van der Waals surface area contributed by atoms with Gasteiger partial charge >= 0.3 is 0 Å². The summed E-state index contributed by atoms with van der Waals surface area (Å²) < 4.78 is 24.9. The number of fused-ring (bicyclic) bond motifs is 2. The van der Waals surface area contributed by atoms with Crippen LogP contribution in [0.5, 0.6) is 17.2 Å². The van der Waals surface area contributed by atoms with Crippen molar-refractivity contribution in [3.05, 3.63) is 58.9 Å². The molecule has 0 saturated carbocycles. The quantitative estimate of drug-likeness (QED) is 0.353. The van der Waals surface area contributed by atoms with Gasteiger partial charge in [0.25, 0.3) is 5.91 Å². The Kier molecular flexibility index (Phi) is 6.96. The lowest BCUT2D eigenvalue weighted by Crippen LogP contribution is -2.20. The van der Waals surface area contributed by atoms with Crippen molar-refractivity contribution in [1.82, 2.24) is 4.57 Å². The highest BCUT2D eigenvalue weighted by Gasteiger charge is 2.16. The van der Waals surface area contributed by atoms with Crippen molar-refractivity contribution < 1.29 is 23.7 Å². The van der Waals surface area contributed by atoms with Gasteiger partial charge in [0.15, 0.2) is 16.3 Å². The van der Waals surface area contributed by atoms with E-state index >= 15 is 0 Å². The van der Waals surface area contributed by atoms with Crippen molar-refractivity contribution in [2.24, 2.45) is 4.99 Å². The van der Waals surface area contributed by atoms with Crippen LogP contribution < -0.4 is 19.0 Å². The molecule has 0 bridgehead atoms. The molecule has 4 rings (SSSR count). The number of ether oxygens (including phenoxy) is 4. The van der Waals surface area contributed by atoms with Crippen LogP contribution in [0.15, 0.2) is 53.5 Å². The molecule has 0 atom stereocenters. The molecule has 4 aromatic rings. The standard InChI is InChI=1S/C25H26N2O5S/c1-5-32-11-10-27-19-14-21(30-3)22(31-4)15-23(19)33-25(27)26-24(28)18-12-16-8-6-7-9-17(16)13-20(18)29-2/h6-9,12-15H,5,10-11H2,1-4H3. The molecule has 0 aliphatic heterocycles. The molecular weight excluding hydrogens is 440 g/mol. The minimum Gasteiger partial charge on any atom is -0.496 e. The Labute approximate surface area is 195 Å². The van der Waals surface area contributed by atoms with E-state index in [1.165, 1.54) is 11.3 Å². The summed E-state index contributed by atoms with van der Waals surface area (Å²) in [4.78, 5) is 18.4. The predicted molar refractivity (Wildman–Crippen MR) is 130 cm³/mol. The van der Waals surface area contributed by atoms with Crippen molar-refractivity contribution in [3.63, 3.8) is 0 Å². The highest BCUT2D eigenvalue weighted by Crippen LogP contribution is 2.33. The first kappa shape index (κ1) is 22.8. The highest BCUT2D eigenvalue weighted by atomic mass is 32.1. The first-order valence-electron chi connectivity index (χ1n) is 10.6. The Bertz CT molecular complexity index is 1370. The molecule has 1 amide bonds. The number of thiazole rings is 1. The van der Waals surface area contributed by atoms with E-state index in [1.807, 2.05) is 60.0 Å². The largest absolute Gasteiger partial charge is 0.496 e. The molecule has 0 saturated heterocycles. The molecule has 1 heterocycles. The van der Waals surface area contributed by atoms with Crippen molar-refractivity contribution in [1.29, 1.82) is 0 Å². The molecule has 7 nitrogen and oxygen atoms in total. The molecule has 0 aliphatic carbocycles. The van der Waals surface area contributed by atoms with Crippen molar-refractivity contribution >= 4 is 38.2 Å². The van der Waals surface area contributed by atoms with Gasteiger partial charge in [-0.1, -0.05) is 35.6 Å². The van der Waals surface area contributed by atoms with E-state index in [1.54, 1.807) is 21.3 Å². The van der Waals surface area contributed by atoms with E-state index in [0.29, 0.717) is 47.4 Å². The fourth-order valence-electron chi connectivity index (χ4n) is 3.70. The van der Waals surface area contributed by atoms with Gasteiger partial charge in [0.05, 0.1) is 43.7 Å². The zero-order valence-corrected chi connectivity index (χ0v) is 19.9. The normalized spacial score (nSPS) is 11.8. The van der Waals surface area contributed by atoms with Gasteiger partial charge in [-0.3, -0.25) is 4.79 Å². The van der Waals surface area contributed by atoms with Crippen molar-refractivity contribution in [2.75, 3.05) is 34.5 Å². The molecule has 1 aromatic heterocycles. The van der Waals surface area contributed by atoms with Gasteiger partial charge < -0.3 is 23.5 Å². The zero-order chi connectivity index (χ0) is 23.4. The number of carbonyl (C=O) groups is 1. The van der Waals surface area contributed by atoms with Gasteiger partial charge in [0, 0.05) is 25.3 Å². The molecule has 0 aliphatic rings. The summed E-state index contributed by atoms with van der Waals surface area (Å²) in [6, 6.07) is 15.3. The average molecular weight is 467 g/mol. The Morgan fingerprint density at radius 3 is 2.27 bits per heavy atom. The lowest BCUT2D eigenvalue weighted by atomic mass is 10.1. The summed E-state index contributed by atoms with van der Waals surface area (Å²) in [6.45, 7) is 3.60. The zero-order valence-electron chi connectivity index (χ0n) is 19.1. The van der Waals surface area contributed by atoms with E-state index in [2.05, 4.69) is 4.99 Å². The topological polar surface area (TPSA) is 71.3 Å². The third-order valence-electron chi connectivity index (χ3n) is 5.35. The molecule has 172 valence electrons. The molecule has 0 spiro atoms. The minimum atomic E-state index is -0.367. The fraction of sp³-hybridized carbons (Fsp3) is 0.280. The van der Waals surface area contributed by atoms with Crippen LogP contribution in [0.3, 0.4) is 0 Å². The van der Waals surface area contributed by atoms with Crippen LogP contribution in [0.25, 0.3) is 21.0 Å². The fourth-order valence-corrected chi connectivity index (χ4v) is 4.77. The monoisotopic (exact) mass is 466 g/mol. The maximum Gasteiger partial charge on any atom is 0.283 e. The summed E-state index contributed by atoms with van der Waals surface area (Å²) >= 11 is 1.41. The van der Waals surface area contributed by atoms with Gasteiger partial charge in [-0.2, -0.15) is 4.99 Å². The maximum atomic E-state index is 13.3. The van der Waals surface area contributed by atoms with Crippen LogP contribution in [-0.4, -0.2) is 45.0 Å². The number of rotatable bonds is 8. The molecular formula is C25H26N2O5S. The Balaban J connectivity index is 1.87. The maximum absolute atomic E-state index is 13.3. The number of benzene rings is 3. The van der Waals surface area contributed by atoms with Crippen LogP contribution in [-0.2, 0) is 11.3 Å². The second kappa shape index (κ2) is 10.1. The lowest BCUT2D eigenvalue weighted by Gasteiger charge is -2.10. The van der Waals surface area contributed by atoms with Crippen LogP contribution in [0.2, 0.25) is 0 Å². The van der Waals surface area contributed by atoms with E-state index in [9.17, 15) is 4.79 Å². The molecule has 0 unspecified atom stereocenters. The number of methoxy groups -OCH3 is 3. The van der Waals surface area contributed by atoms with E-state index in [-0.39, 0.29) is 5.91 Å². The van der Waals surface area contributed by atoms with Gasteiger partial charge in [0.2, 0.25) is 0 Å². The number of hydrogen-bond acceptors (Lipinski definition) is 6. The Hall–Kier alpha value is -3.36. The summed E-state index contributed by atoms with van der Waals surface area (Å²) in [5.41, 5.74) is 1.31. The first-order valence-corrected chi connectivity index (χ1v) is 11.4. The van der Waals surface area contributed by atoms with E-state index in [0.717, 1.165) is 21.0 Å². The average Bonchev–Trinajstić information content (AvgIpc) is 3.17. The summed E-state index contributed by atoms with van der Waals surface area (Å²) in [7, 11) is 4.75. The third kappa shape index (κ3) is 4.58. The number of aromatic nitrogens is 1. The second-order valence-corrected chi connectivity index (χ2v) is 8.23. The number of hydrogen-bond donors (Lipinski definition) is 0. The number of carbonyl (C=O) groups excluding carboxylic acids is 1. The lowest BCUT2D eigenvalue weighted by molar-refractivity contribution is 0.0994. The molecule has 0 radical (unpaired) electrons. The van der Waals surface area contributed by atoms with Gasteiger partial charge in [0.1, 0.15) is 5.75 Å². The second-order valence-electron chi connectivity index (χ2n) is 7.22. The van der Waals surface area contributed by atoms with Crippen LogP contribution in [0, 0.1) is 0 Å². The van der Waals surface area contributed by atoms with E-state index < -0.39 is 0 Å². The predicted octanol–water partition coefficient (Wildman–Crippen LogP) is 4.66. The van der Waals surface area contributed by atoms with Crippen LogP contribution >= 0.6 is 11.3 Å². The molecule has 3 aromatic carbocycles. The minimum absolute atomic E-state index is 0.367. The van der Waals surface area contributed by atoms with Gasteiger partial charge in [-0.05, 0) is 29.8 Å². The first-order chi connectivity index (χ1) is 16.1.